The molecule has 2 unspecified atom stereocenters. The third-order valence-corrected chi connectivity index (χ3v) is 5.25. The minimum atomic E-state index is -0.508. The highest BCUT2D eigenvalue weighted by atomic mass is 32.2. The number of Topliss-reactive ketones (excluding diaryl/α,β-unsaturated/α-hetero) is 1. The van der Waals surface area contributed by atoms with Gasteiger partial charge in [-0.25, -0.2) is 0 Å². The second-order valence-corrected chi connectivity index (χ2v) is 6.42. The van der Waals surface area contributed by atoms with Gasteiger partial charge in [0, 0.05) is 12.2 Å². The maximum Gasteiger partial charge on any atom is 0.163 e. The van der Waals surface area contributed by atoms with E-state index in [1.165, 1.54) is 0 Å². The van der Waals surface area contributed by atoms with Crippen LogP contribution in [0.1, 0.15) is 33.1 Å². The molecule has 0 aromatic heterocycles. The van der Waals surface area contributed by atoms with Crippen LogP contribution in [0, 0.1) is 0 Å². The maximum absolute atomic E-state index is 12.0. The first-order chi connectivity index (χ1) is 7.04. The van der Waals surface area contributed by atoms with E-state index in [1.54, 1.807) is 11.8 Å². The number of ether oxygens (including phenoxy) is 2. The molecular weight excluding hydrogens is 212 g/mol. The van der Waals surface area contributed by atoms with Gasteiger partial charge in [0.25, 0.3) is 0 Å². The molecule has 1 saturated carbocycles. The van der Waals surface area contributed by atoms with Crippen LogP contribution in [-0.2, 0) is 14.3 Å². The lowest BCUT2D eigenvalue weighted by Gasteiger charge is -2.28. The third-order valence-electron chi connectivity index (χ3n) is 3.57. The normalized spacial score (nSPS) is 47.7. The van der Waals surface area contributed by atoms with Crippen LogP contribution < -0.4 is 0 Å². The number of ketones is 1. The quantitative estimate of drug-likeness (QED) is 0.632. The molecule has 3 atom stereocenters. The summed E-state index contributed by atoms with van der Waals surface area (Å²) in [5.74, 6) is 0.771. The van der Waals surface area contributed by atoms with Gasteiger partial charge in [-0.05, 0) is 26.7 Å². The van der Waals surface area contributed by atoms with Crippen molar-refractivity contribution in [1.29, 1.82) is 0 Å². The molecule has 0 bridgehead atoms. The van der Waals surface area contributed by atoms with Crippen molar-refractivity contribution in [3.05, 3.63) is 0 Å². The number of rotatable bonds is 0. The monoisotopic (exact) mass is 228 g/mol. The Morgan fingerprint density at radius 2 is 2.20 bits per heavy atom. The van der Waals surface area contributed by atoms with Crippen LogP contribution in [0.5, 0.6) is 0 Å². The molecule has 0 aromatic carbocycles. The van der Waals surface area contributed by atoms with Gasteiger partial charge < -0.3 is 9.47 Å². The predicted molar refractivity (Wildman–Crippen MR) is 57.9 cm³/mol. The highest BCUT2D eigenvalue weighted by Crippen LogP contribution is 2.53. The van der Waals surface area contributed by atoms with Gasteiger partial charge in [0.05, 0.1) is 6.10 Å². The molecule has 0 radical (unpaired) electrons. The number of hydrogen-bond acceptors (Lipinski definition) is 4. The molecular formula is C11H16O3S. The first kappa shape index (κ1) is 10.1. The first-order valence-electron chi connectivity index (χ1n) is 5.56. The maximum atomic E-state index is 12.0. The zero-order valence-electron chi connectivity index (χ0n) is 9.12. The van der Waals surface area contributed by atoms with Crippen LogP contribution in [0.3, 0.4) is 0 Å². The molecule has 0 amide bonds. The second-order valence-electron chi connectivity index (χ2n) is 5.07. The summed E-state index contributed by atoms with van der Waals surface area (Å²) in [7, 11) is 0. The van der Waals surface area contributed by atoms with Gasteiger partial charge in [-0.3, -0.25) is 4.79 Å². The molecule has 2 saturated heterocycles. The lowest BCUT2D eigenvalue weighted by Crippen LogP contribution is -2.43. The van der Waals surface area contributed by atoms with Crippen LogP contribution in [0.2, 0.25) is 0 Å². The minimum absolute atomic E-state index is 0.00694. The molecule has 0 aromatic rings. The second kappa shape index (κ2) is 2.99. The molecule has 2 aliphatic heterocycles. The van der Waals surface area contributed by atoms with Crippen molar-refractivity contribution in [1.82, 2.24) is 0 Å². The lowest BCUT2D eigenvalue weighted by molar-refractivity contribution is -0.150. The topological polar surface area (TPSA) is 35.5 Å². The average molecular weight is 228 g/mol. The molecule has 0 N–H and O–H groups in total. The van der Waals surface area contributed by atoms with Crippen LogP contribution in [0.15, 0.2) is 0 Å². The smallest absolute Gasteiger partial charge is 0.163 e. The summed E-state index contributed by atoms with van der Waals surface area (Å²) < 4.78 is 11.5. The van der Waals surface area contributed by atoms with E-state index in [0.717, 1.165) is 25.0 Å². The third kappa shape index (κ3) is 1.31. The van der Waals surface area contributed by atoms with Gasteiger partial charge in [-0.2, -0.15) is 0 Å². The van der Waals surface area contributed by atoms with Gasteiger partial charge >= 0.3 is 0 Å². The standard InChI is InChI=1S/C11H16O3S/c1-10(2)13-7-6-15-11(9(7)14-10)5-3-4-8(11)12/h7,9H,3-6H2,1-2H3/t7-,9?,11?/m1/s1. The van der Waals surface area contributed by atoms with Gasteiger partial charge in [0.1, 0.15) is 10.9 Å². The van der Waals surface area contributed by atoms with E-state index in [1.807, 2.05) is 13.8 Å². The lowest BCUT2D eigenvalue weighted by atomic mass is 9.95. The van der Waals surface area contributed by atoms with Crippen LogP contribution in [0.25, 0.3) is 0 Å². The Bertz CT molecular complexity index is 315. The van der Waals surface area contributed by atoms with E-state index in [0.29, 0.717) is 5.78 Å². The summed E-state index contributed by atoms with van der Waals surface area (Å²) in [6.07, 6.45) is 2.82. The van der Waals surface area contributed by atoms with Gasteiger partial charge in [0.2, 0.25) is 0 Å². The molecule has 1 spiro atoms. The Labute approximate surface area is 93.9 Å². The van der Waals surface area contributed by atoms with E-state index in [9.17, 15) is 4.79 Å². The number of carbonyl (C=O) groups excluding carboxylic acids is 1. The minimum Gasteiger partial charge on any atom is -0.344 e. The fourth-order valence-corrected chi connectivity index (χ4v) is 4.60. The van der Waals surface area contributed by atoms with Crippen molar-refractivity contribution in [2.45, 2.75) is 55.9 Å². The highest BCUT2D eigenvalue weighted by Gasteiger charge is 2.62. The number of carbonyl (C=O) groups is 1. The van der Waals surface area contributed by atoms with Crippen molar-refractivity contribution in [2.75, 3.05) is 5.75 Å². The summed E-state index contributed by atoms with van der Waals surface area (Å²) in [6, 6.07) is 0. The fourth-order valence-electron chi connectivity index (χ4n) is 2.98. The van der Waals surface area contributed by atoms with Gasteiger partial charge in [-0.1, -0.05) is 0 Å². The number of hydrogen-bond donors (Lipinski definition) is 0. The van der Waals surface area contributed by atoms with Crippen molar-refractivity contribution < 1.29 is 14.3 Å². The first-order valence-corrected chi connectivity index (χ1v) is 6.55. The molecule has 1 aliphatic carbocycles. The van der Waals surface area contributed by atoms with Gasteiger partial charge in [-0.15, -0.1) is 11.8 Å². The summed E-state index contributed by atoms with van der Waals surface area (Å²) in [5, 5.41) is 0. The Morgan fingerprint density at radius 1 is 1.40 bits per heavy atom. The SMILES string of the molecule is CC1(C)OC2[C@@H](CSC23CCCC3=O)O1. The summed E-state index contributed by atoms with van der Waals surface area (Å²) in [5.41, 5.74) is 0. The predicted octanol–water partition coefficient (Wildman–Crippen LogP) is 1.75. The number of thioether (sulfide) groups is 1. The van der Waals surface area contributed by atoms with Crippen LogP contribution >= 0.6 is 11.8 Å². The average Bonchev–Trinajstić information content (AvgIpc) is 2.72. The molecule has 4 heteroatoms. The fraction of sp³-hybridized carbons (Fsp3) is 0.909. The van der Waals surface area contributed by atoms with Crippen molar-refractivity contribution in [2.24, 2.45) is 0 Å². The number of fused-ring (bicyclic) bond motifs is 2. The molecule has 3 rings (SSSR count). The summed E-state index contributed by atoms with van der Waals surface area (Å²) in [6.45, 7) is 3.87. The van der Waals surface area contributed by atoms with Gasteiger partial charge in [0.15, 0.2) is 11.6 Å². The van der Waals surface area contributed by atoms with E-state index < -0.39 is 5.79 Å². The van der Waals surface area contributed by atoms with Crippen LogP contribution in [-0.4, -0.2) is 34.3 Å². The molecule has 3 fully saturated rings. The molecule has 3 nitrogen and oxygen atoms in total. The zero-order chi connectivity index (χ0) is 10.7. The molecule has 2 heterocycles. The highest BCUT2D eigenvalue weighted by molar-refractivity contribution is 8.01. The Balaban J connectivity index is 1.92. The Morgan fingerprint density at radius 3 is 2.87 bits per heavy atom. The largest absolute Gasteiger partial charge is 0.344 e. The summed E-state index contributed by atoms with van der Waals surface area (Å²) >= 11 is 1.75. The van der Waals surface area contributed by atoms with Crippen LogP contribution in [0.4, 0.5) is 0 Å². The van der Waals surface area contributed by atoms with Crippen molar-refractivity contribution in [3.8, 4) is 0 Å². The van der Waals surface area contributed by atoms with Crippen molar-refractivity contribution in [3.63, 3.8) is 0 Å². The molecule has 15 heavy (non-hydrogen) atoms. The van der Waals surface area contributed by atoms with E-state index in [2.05, 4.69) is 0 Å². The zero-order valence-corrected chi connectivity index (χ0v) is 9.93. The van der Waals surface area contributed by atoms with E-state index >= 15 is 0 Å². The van der Waals surface area contributed by atoms with E-state index in [-0.39, 0.29) is 17.0 Å². The van der Waals surface area contributed by atoms with E-state index in [4.69, 9.17) is 9.47 Å². The molecule has 3 aliphatic rings. The Hall–Kier alpha value is -0.0600. The van der Waals surface area contributed by atoms with Crippen molar-refractivity contribution >= 4 is 17.5 Å². The Kier molecular flexibility index (Phi) is 2.02. The summed E-state index contributed by atoms with van der Waals surface area (Å²) in [4.78, 5) is 12.0. The molecule has 84 valence electrons.